The van der Waals surface area contributed by atoms with Crippen LogP contribution >= 0.6 is 0 Å². The Labute approximate surface area is 125 Å². The highest BCUT2D eigenvalue weighted by Gasteiger charge is 2.34. The number of nitrogens with zero attached hydrogens (tertiary/aromatic N) is 2. The third kappa shape index (κ3) is 3.26. The van der Waals surface area contributed by atoms with Crippen molar-refractivity contribution in [1.82, 2.24) is 15.5 Å². The zero-order chi connectivity index (χ0) is 14.7. The number of aliphatic imine (C=N–C) groups is 1. The minimum absolute atomic E-state index is 0.0647. The predicted molar refractivity (Wildman–Crippen MR) is 82.9 cm³/mol. The minimum Gasteiger partial charge on any atom is -0.366 e. The van der Waals surface area contributed by atoms with E-state index in [-0.39, 0.29) is 18.0 Å². The number of allylic oxidation sites excluding steroid dienone is 2. The van der Waals surface area contributed by atoms with Gasteiger partial charge >= 0.3 is 0 Å². The number of hydrogen-bond acceptors (Lipinski definition) is 3. The van der Waals surface area contributed by atoms with E-state index in [4.69, 9.17) is 5.73 Å². The number of guanidine groups is 1. The predicted octanol–water partition coefficient (Wildman–Crippen LogP) is -0.260. The molecule has 114 valence electrons. The second kappa shape index (κ2) is 6.30. The molecule has 6 nitrogen and oxygen atoms in total. The first kappa shape index (κ1) is 14.1. The van der Waals surface area contributed by atoms with Crippen LogP contribution in [0.1, 0.15) is 19.3 Å². The van der Waals surface area contributed by atoms with Crippen LogP contribution in [0.5, 0.6) is 0 Å². The summed E-state index contributed by atoms with van der Waals surface area (Å²) in [6, 6.07) is -0.0281. The molecule has 2 saturated heterocycles. The highest BCUT2D eigenvalue weighted by Crippen LogP contribution is 2.17. The molecule has 6 heteroatoms. The summed E-state index contributed by atoms with van der Waals surface area (Å²) < 4.78 is 0. The van der Waals surface area contributed by atoms with Crippen LogP contribution in [0.3, 0.4) is 0 Å². The summed E-state index contributed by atoms with van der Waals surface area (Å²) in [7, 11) is 0. The standard InChI is InChI=1S/C15H23N5O/c16-14(21)11-5-3-6-12-13(11)19-15(18-12)17-7-4-10-20-8-1-2-9-20/h3,5-6,12-13H,1-2,4,7-10H2,(H2,16,21)(H2,17,18,19). The van der Waals surface area contributed by atoms with Crippen LogP contribution in [0.4, 0.5) is 0 Å². The normalized spacial score (nSPS) is 29.9. The summed E-state index contributed by atoms with van der Waals surface area (Å²) >= 11 is 0. The molecule has 2 atom stereocenters. The molecule has 1 aliphatic carbocycles. The number of fused-ring (bicyclic) bond motifs is 1. The van der Waals surface area contributed by atoms with Gasteiger partial charge in [0.05, 0.1) is 12.1 Å². The van der Waals surface area contributed by atoms with Gasteiger partial charge in [-0.3, -0.25) is 9.79 Å². The molecule has 2 unspecified atom stereocenters. The van der Waals surface area contributed by atoms with Crippen LogP contribution in [-0.2, 0) is 4.79 Å². The molecule has 0 saturated carbocycles. The molecule has 0 spiro atoms. The van der Waals surface area contributed by atoms with Crippen LogP contribution in [0.2, 0.25) is 0 Å². The SMILES string of the molecule is NC(=O)C1=CC=CC2NC(=NCCCN3CCCC3)NC12. The fraction of sp³-hybridized carbons (Fsp3) is 0.600. The zero-order valence-corrected chi connectivity index (χ0v) is 12.2. The second-order valence-corrected chi connectivity index (χ2v) is 5.80. The molecule has 0 aromatic heterocycles. The molecule has 3 rings (SSSR count). The third-order valence-corrected chi connectivity index (χ3v) is 4.27. The van der Waals surface area contributed by atoms with Crippen LogP contribution in [-0.4, -0.2) is 55.0 Å². The Morgan fingerprint density at radius 2 is 2.19 bits per heavy atom. The van der Waals surface area contributed by atoms with Crippen molar-refractivity contribution in [3.05, 3.63) is 23.8 Å². The average Bonchev–Trinajstić information content (AvgIpc) is 3.11. The summed E-state index contributed by atoms with van der Waals surface area (Å²) in [5.74, 6) is 0.393. The Kier molecular flexibility index (Phi) is 4.24. The van der Waals surface area contributed by atoms with Crippen molar-refractivity contribution in [3.8, 4) is 0 Å². The molecule has 4 N–H and O–H groups in total. The van der Waals surface area contributed by atoms with Crippen LogP contribution in [0.25, 0.3) is 0 Å². The van der Waals surface area contributed by atoms with Crippen LogP contribution in [0, 0.1) is 0 Å². The van der Waals surface area contributed by atoms with E-state index in [2.05, 4.69) is 20.5 Å². The van der Waals surface area contributed by atoms with E-state index in [1.54, 1.807) is 6.08 Å². The Morgan fingerprint density at radius 1 is 1.38 bits per heavy atom. The molecule has 0 aromatic rings. The first-order chi connectivity index (χ1) is 10.2. The maximum atomic E-state index is 11.4. The van der Waals surface area contributed by atoms with Crippen molar-refractivity contribution in [2.75, 3.05) is 26.2 Å². The molecule has 3 aliphatic rings. The van der Waals surface area contributed by atoms with Crippen molar-refractivity contribution >= 4 is 11.9 Å². The largest absolute Gasteiger partial charge is 0.366 e. The lowest BCUT2D eigenvalue weighted by Gasteiger charge is -2.19. The number of hydrogen-bond donors (Lipinski definition) is 3. The van der Waals surface area contributed by atoms with Gasteiger partial charge in [0.1, 0.15) is 0 Å². The topological polar surface area (TPSA) is 82.8 Å². The van der Waals surface area contributed by atoms with Gasteiger partial charge in [0, 0.05) is 12.1 Å². The quantitative estimate of drug-likeness (QED) is 0.609. The van der Waals surface area contributed by atoms with Crippen molar-refractivity contribution < 1.29 is 4.79 Å². The van der Waals surface area contributed by atoms with Gasteiger partial charge in [0.15, 0.2) is 5.96 Å². The number of likely N-dealkylation sites (tertiary alicyclic amines) is 1. The Balaban J connectivity index is 1.49. The van der Waals surface area contributed by atoms with Gasteiger partial charge in [-0.05, 0) is 38.9 Å². The number of amides is 1. The Bertz CT molecular complexity index is 490. The number of rotatable bonds is 5. The van der Waals surface area contributed by atoms with Gasteiger partial charge < -0.3 is 21.3 Å². The van der Waals surface area contributed by atoms with E-state index in [1.165, 1.54) is 25.9 Å². The van der Waals surface area contributed by atoms with Crippen molar-refractivity contribution in [1.29, 1.82) is 0 Å². The van der Waals surface area contributed by atoms with E-state index in [0.29, 0.717) is 5.57 Å². The highest BCUT2D eigenvalue weighted by atomic mass is 16.1. The second-order valence-electron chi connectivity index (χ2n) is 5.80. The van der Waals surface area contributed by atoms with Gasteiger partial charge in [-0.1, -0.05) is 18.2 Å². The molecule has 2 fully saturated rings. The van der Waals surface area contributed by atoms with E-state index in [1.807, 2.05) is 12.2 Å². The maximum Gasteiger partial charge on any atom is 0.246 e. The number of carbonyl (C=O) groups is 1. The summed E-state index contributed by atoms with van der Waals surface area (Å²) in [4.78, 5) is 18.5. The lowest BCUT2D eigenvalue weighted by atomic mass is 9.95. The zero-order valence-electron chi connectivity index (χ0n) is 12.2. The van der Waals surface area contributed by atoms with E-state index in [0.717, 1.165) is 25.5 Å². The third-order valence-electron chi connectivity index (χ3n) is 4.27. The first-order valence-electron chi connectivity index (χ1n) is 7.72. The van der Waals surface area contributed by atoms with Gasteiger partial charge in [0.25, 0.3) is 0 Å². The van der Waals surface area contributed by atoms with Gasteiger partial charge in [-0.2, -0.15) is 0 Å². The van der Waals surface area contributed by atoms with Crippen molar-refractivity contribution in [2.45, 2.75) is 31.3 Å². The summed E-state index contributed by atoms with van der Waals surface area (Å²) in [5.41, 5.74) is 6.01. The van der Waals surface area contributed by atoms with Crippen LogP contribution in [0.15, 0.2) is 28.8 Å². The highest BCUT2D eigenvalue weighted by molar-refractivity contribution is 5.97. The monoisotopic (exact) mass is 289 g/mol. The molecule has 1 amide bonds. The molecule has 21 heavy (non-hydrogen) atoms. The lowest BCUT2D eigenvalue weighted by molar-refractivity contribution is -0.114. The average molecular weight is 289 g/mol. The number of nitrogens with two attached hydrogens (primary N) is 1. The fourth-order valence-electron chi connectivity index (χ4n) is 3.15. The summed E-state index contributed by atoms with van der Waals surface area (Å²) in [6.45, 7) is 4.38. The van der Waals surface area contributed by atoms with Crippen molar-refractivity contribution in [3.63, 3.8) is 0 Å². The van der Waals surface area contributed by atoms with Gasteiger partial charge in [-0.15, -0.1) is 0 Å². The molecule has 2 heterocycles. The van der Waals surface area contributed by atoms with Gasteiger partial charge in [0.2, 0.25) is 5.91 Å². The minimum atomic E-state index is -0.376. The molecular formula is C15H23N5O. The molecule has 2 aliphatic heterocycles. The van der Waals surface area contributed by atoms with Crippen molar-refractivity contribution in [2.24, 2.45) is 10.7 Å². The molecular weight excluding hydrogens is 266 g/mol. The Hall–Kier alpha value is -1.82. The number of carbonyl (C=O) groups excluding carboxylic acids is 1. The van der Waals surface area contributed by atoms with Crippen LogP contribution < -0.4 is 16.4 Å². The maximum absolute atomic E-state index is 11.4. The molecule has 0 radical (unpaired) electrons. The summed E-state index contributed by atoms with van der Waals surface area (Å²) in [6.07, 6.45) is 9.39. The number of nitrogens with one attached hydrogen (secondary N) is 2. The fourth-order valence-corrected chi connectivity index (χ4v) is 3.15. The van der Waals surface area contributed by atoms with E-state index < -0.39 is 0 Å². The van der Waals surface area contributed by atoms with Gasteiger partial charge in [-0.25, -0.2) is 0 Å². The lowest BCUT2D eigenvalue weighted by Crippen LogP contribution is -2.40. The molecule has 0 aromatic carbocycles. The molecule has 0 bridgehead atoms. The van der Waals surface area contributed by atoms with E-state index >= 15 is 0 Å². The Morgan fingerprint density at radius 3 is 2.95 bits per heavy atom. The summed E-state index contributed by atoms with van der Waals surface area (Å²) in [5, 5.41) is 6.55. The smallest absolute Gasteiger partial charge is 0.246 e. The van der Waals surface area contributed by atoms with E-state index in [9.17, 15) is 4.79 Å². The number of primary amides is 1. The first-order valence-corrected chi connectivity index (χ1v) is 7.72.